The molecule has 3 unspecified atom stereocenters. The minimum atomic E-state index is 0.315. The molecule has 14 heavy (non-hydrogen) atoms. The molecule has 0 aliphatic rings. The predicted octanol–water partition coefficient (Wildman–Crippen LogP) is 2.83. The van der Waals surface area contributed by atoms with E-state index in [2.05, 4.69) is 33.0 Å². The van der Waals surface area contributed by atoms with Gasteiger partial charge in [0.15, 0.2) is 0 Å². The van der Waals surface area contributed by atoms with Gasteiger partial charge in [0.2, 0.25) is 0 Å². The highest BCUT2D eigenvalue weighted by atomic mass is 16.5. The second-order valence-corrected chi connectivity index (χ2v) is 4.25. The summed E-state index contributed by atoms with van der Waals surface area (Å²) in [6.45, 7) is 10.00. The molecular formula is C12H27NO. The van der Waals surface area contributed by atoms with Crippen molar-refractivity contribution >= 4 is 0 Å². The van der Waals surface area contributed by atoms with E-state index in [1.165, 1.54) is 19.3 Å². The third kappa shape index (κ3) is 5.61. The molecule has 0 aliphatic carbocycles. The molecule has 0 aromatic carbocycles. The average molecular weight is 201 g/mol. The molecule has 2 heteroatoms. The van der Waals surface area contributed by atoms with Gasteiger partial charge in [-0.3, -0.25) is 0 Å². The van der Waals surface area contributed by atoms with Crippen molar-refractivity contribution in [3.05, 3.63) is 0 Å². The Bertz CT molecular complexity index is 127. The van der Waals surface area contributed by atoms with Gasteiger partial charge in [-0.1, -0.05) is 27.2 Å². The molecule has 0 saturated heterocycles. The fourth-order valence-electron chi connectivity index (χ4n) is 1.54. The van der Waals surface area contributed by atoms with Crippen molar-refractivity contribution in [3.63, 3.8) is 0 Å². The van der Waals surface area contributed by atoms with Crippen LogP contribution >= 0.6 is 0 Å². The Morgan fingerprint density at radius 1 is 1.21 bits per heavy atom. The number of hydrogen-bond donors (Lipinski definition) is 1. The smallest absolute Gasteiger partial charge is 0.0696 e. The van der Waals surface area contributed by atoms with Crippen molar-refractivity contribution in [1.29, 1.82) is 0 Å². The molecule has 0 saturated carbocycles. The fraction of sp³-hybridized carbons (Fsp3) is 1.00. The summed E-state index contributed by atoms with van der Waals surface area (Å²) in [5.74, 6) is 0.780. The maximum absolute atomic E-state index is 5.39. The minimum Gasteiger partial charge on any atom is -0.380 e. The monoisotopic (exact) mass is 201 g/mol. The first-order valence-corrected chi connectivity index (χ1v) is 5.91. The van der Waals surface area contributed by atoms with E-state index in [-0.39, 0.29) is 0 Å². The van der Waals surface area contributed by atoms with E-state index in [9.17, 15) is 0 Å². The van der Waals surface area contributed by atoms with Gasteiger partial charge in [0.25, 0.3) is 0 Å². The van der Waals surface area contributed by atoms with Gasteiger partial charge < -0.3 is 10.1 Å². The highest BCUT2D eigenvalue weighted by Gasteiger charge is 2.17. The summed E-state index contributed by atoms with van der Waals surface area (Å²) in [6.07, 6.45) is 3.97. The van der Waals surface area contributed by atoms with E-state index in [4.69, 9.17) is 4.74 Å². The molecule has 1 N–H and O–H groups in total. The maximum atomic E-state index is 5.39. The topological polar surface area (TPSA) is 21.3 Å². The van der Waals surface area contributed by atoms with Gasteiger partial charge in [0.05, 0.1) is 6.10 Å². The Morgan fingerprint density at radius 2 is 1.86 bits per heavy atom. The second-order valence-electron chi connectivity index (χ2n) is 4.25. The third-order valence-corrected chi connectivity index (χ3v) is 2.95. The highest BCUT2D eigenvalue weighted by molar-refractivity contribution is 4.75. The number of ether oxygens (including phenoxy) is 1. The highest BCUT2D eigenvalue weighted by Crippen LogP contribution is 2.13. The van der Waals surface area contributed by atoms with E-state index in [1.807, 2.05) is 0 Å². The SMILES string of the molecule is CCCNC(CC(C)CC)C(C)OC. The molecule has 0 bridgehead atoms. The number of hydrogen-bond acceptors (Lipinski definition) is 2. The van der Waals surface area contributed by atoms with Crippen molar-refractivity contribution in [3.8, 4) is 0 Å². The lowest BCUT2D eigenvalue weighted by Gasteiger charge is -2.26. The summed E-state index contributed by atoms with van der Waals surface area (Å²) in [4.78, 5) is 0. The molecule has 0 spiro atoms. The Hall–Kier alpha value is -0.0800. The van der Waals surface area contributed by atoms with Crippen LogP contribution in [-0.2, 0) is 4.74 Å². The molecule has 0 rings (SSSR count). The molecule has 0 aliphatic heterocycles. The normalized spacial score (nSPS) is 17.8. The first-order chi connectivity index (χ1) is 6.65. The summed E-state index contributed by atoms with van der Waals surface area (Å²) in [7, 11) is 1.79. The van der Waals surface area contributed by atoms with Crippen LogP contribution in [0.1, 0.15) is 47.0 Å². The van der Waals surface area contributed by atoms with Crippen LogP contribution in [0.25, 0.3) is 0 Å². The summed E-state index contributed by atoms with van der Waals surface area (Å²) in [5, 5.41) is 3.56. The van der Waals surface area contributed by atoms with Crippen LogP contribution < -0.4 is 5.32 Å². The van der Waals surface area contributed by atoms with E-state index in [0.717, 1.165) is 12.5 Å². The van der Waals surface area contributed by atoms with Gasteiger partial charge in [-0.25, -0.2) is 0 Å². The minimum absolute atomic E-state index is 0.315. The Balaban J connectivity index is 3.96. The lowest BCUT2D eigenvalue weighted by molar-refractivity contribution is 0.0745. The Kier molecular flexibility index (Phi) is 8.20. The molecule has 3 atom stereocenters. The van der Waals surface area contributed by atoms with Crippen LogP contribution in [0.4, 0.5) is 0 Å². The standard InChI is InChI=1S/C12H27NO/c1-6-8-13-12(11(4)14-5)9-10(3)7-2/h10-13H,6-9H2,1-5H3. The second kappa shape index (κ2) is 8.25. The summed E-state index contributed by atoms with van der Waals surface area (Å²) in [6, 6.07) is 0.509. The molecule has 0 fully saturated rings. The zero-order valence-electron chi connectivity index (χ0n) is 10.5. The lowest BCUT2D eigenvalue weighted by atomic mass is 9.96. The number of methoxy groups -OCH3 is 1. The van der Waals surface area contributed by atoms with Crippen LogP contribution in [0.5, 0.6) is 0 Å². The molecule has 0 radical (unpaired) electrons. The molecule has 0 aromatic rings. The Morgan fingerprint density at radius 3 is 2.29 bits per heavy atom. The van der Waals surface area contributed by atoms with Crippen molar-refractivity contribution < 1.29 is 4.74 Å². The van der Waals surface area contributed by atoms with Crippen LogP contribution in [-0.4, -0.2) is 25.8 Å². The fourth-order valence-corrected chi connectivity index (χ4v) is 1.54. The van der Waals surface area contributed by atoms with Gasteiger partial charge in [-0.05, 0) is 32.2 Å². The predicted molar refractivity (Wildman–Crippen MR) is 62.6 cm³/mol. The van der Waals surface area contributed by atoms with Gasteiger partial charge in [-0.15, -0.1) is 0 Å². The Labute approximate surface area is 89.4 Å². The average Bonchev–Trinajstić information content (AvgIpc) is 2.22. The number of rotatable bonds is 8. The molecule has 2 nitrogen and oxygen atoms in total. The van der Waals surface area contributed by atoms with Gasteiger partial charge >= 0.3 is 0 Å². The first kappa shape index (κ1) is 13.9. The molecule has 0 heterocycles. The van der Waals surface area contributed by atoms with Crippen LogP contribution in [0.2, 0.25) is 0 Å². The van der Waals surface area contributed by atoms with E-state index < -0.39 is 0 Å². The van der Waals surface area contributed by atoms with Crippen molar-refractivity contribution in [2.45, 2.75) is 59.1 Å². The van der Waals surface area contributed by atoms with Crippen molar-refractivity contribution in [1.82, 2.24) is 5.32 Å². The summed E-state index contributed by atoms with van der Waals surface area (Å²) >= 11 is 0. The van der Waals surface area contributed by atoms with Gasteiger partial charge in [-0.2, -0.15) is 0 Å². The summed E-state index contributed by atoms with van der Waals surface area (Å²) < 4.78 is 5.39. The lowest BCUT2D eigenvalue weighted by Crippen LogP contribution is -2.40. The van der Waals surface area contributed by atoms with Crippen LogP contribution in [0.3, 0.4) is 0 Å². The van der Waals surface area contributed by atoms with Crippen molar-refractivity contribution in [2.24, 2.45) is 5.92 Å². The third-order valence-electron chi connectivity index (χ3n) is 2.95. The van der Waals surface area contributed by atoms with Crippen LogP contribution in [0.15, 0.2) is 0 Å². The zero-order chi connectivity index (χ0) is 11.0. The molecule has 86 valence electrons. The molecular weight excluding hydrogens is 174 g/mol. The van der Waals surface area contributed by atoms with Gasteiger partial charge in [0, 0.05) is 13.2 Å². The van der Waals surface area contributed by atoms with E-state index in [0.29, 0.717) is 12.1 Å². The van der Waals surface area contributed by atoms with Crippen LogP contribution in [0, 0.1) is 5.92 Å². The first-order valence-electron chi connectivity index (χ1n) is 5.91. The zero-order valence-corrected chi connectivity index (χ0v) is 10.5. The summed E-state index contributed by atoms with van der Waals surface area (Å²) in [5.41, 5.74) is 0. The van der Waals surface area contributed by atoms with Gasteiger partial charge in [0.1, 0.15) is 0 Å². The quantitative estimate of drug-likeness (QED) is 0.652. The molecule has 0 aromatic heterocycles. The van der Waals surface area contributed by atoms with Crippen molar-refractivity contribution in [2.75, 3.05) is 13.7 Å². The van der Waals surface area contributed by atoms with E-state index >= 15 is 0 Å². The number of nitrogens with one attached hydrogen (secondary N) is 1. The largest absolute Gasteiger partial charge is 0.380 e. The maximum Gasteiger partial charge on any atom is 0.0696 e. The molecule has 0 amide bonds. The van der Waals surface area contributed by atoms with E-state index in [1.54, 1.807) is 7.11 Å².